The van der Waals surface area contributed by atoms with E-state index in [1.807, 2.05) is 0 Å². The molecule has 2 nitrogen and oxygen atoms in total. The summed E-state index contributed by atoms with van der Waals surface area (Å²) in [7, 11) is 0. The van der Waals surface area contributed by atoms with E-state index < -0.39 is 0 Å². The third-order valence-corrected chi connectivity index (χ3v) is 7.83. The molecule has 0 fully saturated rings. The number of rotatable bonds is 4. The van der Waals surface area contributed by atoms with Gasteiger partial charge in [0.1, 0.15) is 11.2 Å². The zero-order valence-electron chi connectivity index (χ0n) is 21.8. The number of nitrogens with zero attached hydrogens (tertiary/aromatic N) is 1. The zero-order valence-corrected chi connectivity index (χ0v) is 21.8. The largest absolute Gasteiger partial charge is 0.455 e. The van der Waals surface area contributed by atoms with Crippen molar-refractivity contribution < 1.29 is 4.42 Å². The molecule has 0 atom stereocenters. The monoisotopic (exact) mass is 511 g/mol. The average molecular weight is 512 g/mol. The predicted molar refractivity (Wildman–Crippen MR) is 169 cm³/mol. The van der Waals surface area contributed by atoms with Gasteiger partial charge in [0.25, 0.3) is 0 Å². The molecule has 0 saturated carbocycles. The maximum absolute atomic E-state index is 6.33. The Morgan fingerprint density at radius 2 is 1.02 bits per heavy atom. The minimum atomic E-state index is 0.915. The van der Waals surface area contributed by atoms with Crippen molar-refractivity contribution in [3.05, 3.63) is 152 Å². The van der Waals surface area contributed by atoms with Crippen LogP contribution in [0.25, 0.3) is 54.6 Å². The summed E-state index contributed by atoms with van der Waals surface area (Å²) in [6.07, 6.45) is 0. The summed E-state index contributed by atoms with van der Waals surface area (Å²) in [5.41, 5.74) is 7.60. The van der Waals surface area contributed by atoms with Crippen LogP contribution in [0, 0.1) is 0 Å². The van der Waals surface area contributed by atoms with Crippen molar-refractivity contribution in [3.8, 4) is 11.1 Å². The van der Waals surface area contributed by atoms with Crippen molar-refractivity contribution in [1.29, 1.82) is 0 Å². The van der Waals surface area contributed by atoms with Crippen molar-refractivity contribution in [2.75, 3.05) is 4.90 Å². The van der Waals surface area contributed by atoms with Crippen LogP contribution in [0.5, 0.6) is 0 Å². The van der Waals surface area contributed by atoms with E-state index in [2.05, 4.69) is 157 Å². The van der Waals surface area contributed by atoms with Gasteiger partial charge < -0.3 is 9.32 Å². The van der Waals surface area contributed by atoms with E-state index in [0.717, 1.165) is 44.4 Å². The predicted octanol–water partition coefficient (Wildman–Crippen LogP) is 11.0. The number of hydrogen-bond acceptors (Lipinski definition) is 2. The average Bonchev–Trinajstić information content (AvgIpc) is 3.41. The van der Waals surface area contributed by atoms with E-state index in [0.29, 0.717) is 0 Å². The SMILES string of the molecule is c1ccc(N(c2ccc(-c3ccc4oc5c6ccccc6ccc5c4c3)cc2)c2ccc3ccccc3c2)cc1. The van der Waals surface area contributed by atoms with Gasteiger partial charge in [-0.05, 0) is 81.9 Å². The van der Waals surface area contributed by atoms with Crippen LogP contribution in [0.1, 0.15) is 0 Å². The van der Waals surface area contributed by atoms with E-state index in [1.54, 1.807) is 0 Å². The number of fused-ring (bicyclic) bond motifs is 6. The molecule has 7 aromatic carbocycles. The maximum Gasteiger partial charge on any atom is 0.143 e. The molecule has 8 aromatic rings. The lowest BCUT2D eigenvalue weighted by molar-refractivity contribution is 0.672. The Balaban J connectivity index is 1.21. The van der Waals surface area contributed by atoms with Crippen LogP contribution in [0.4, 0.5) is 17.1 Å². The minimum Gasteiger partial charge on any atom is -0.455 e. The van der Waals surface area contributed by atoms with Crippen molar-refractivity contribution in [2.24, 2.45) is 0 Å². The van der Waals surface area contributed by atoms with Crippen LogP contribution in [0.3, 0.4) is 0 Å². The highest BCUT2D eigenvalue weighted by Crippen LogP contribution is 2.39. The molecule has 40 heavy (non-hydrogen) atoms. The van der Waals surface area contributed by atoms with E-state index in [4.69, 9.17) is 4.42 Å². The zero-order chi connectivity index (χ0) is 26.5. The van der Waals surface area contributed by atoms with Gasteiger partial charge in [-0.15, -0.1) is 0 Å². The first kappa shape index (κ1) is 22.6. The second-order valence-corrected chi connectivity index (χ2v) is 10.2. The van der Waals surface area contributed by atoms with Crippen LogP contribution in [-0.2, 0) is 0 Å². The van der Waals surface area contributed by atoms with Crippen LogP contribution in [-0.4, -0.2) is 0 Å². The number of furan rings is 1. The Kier molecular flexibility index (Phi) is 5.17. The first-order valence-corrected chi connectivity index (χ1v) is 13.6. The molecule has 2 heteroatoms. The third-order valence-electron chi connectivity index (χ3n) is 7.83. The summed E-state index contributed by atoms with van der Waals surface area (Å²) in [5, 5.41) is 7.11. The Labute approximate surface area is 232 Å². The normalized spacial score (nSPS) is 11.5. The first-order chi connectivity index (χ1) is 19.8. The summed E-state index contributed by atoms with van der Waals surface area (Å²) in [5.74, 6) is 0. The van der Waals surface area contributed by atoms with Gasteiger partial charge in [-0.3, -0.25) is 0 Å². The van der Waals surface area contributed by atoms with Gasteiger partial charge in [-0.1, -0.05) is 97.1 Å². The summed E-state index contributed by atoms with van der Waals surface area (Å²) < 4.78 is 6.33. The molecule has 1 aromatic heterocycles. The smallest absolute Gasteiger partial charge is 0.143 e. The Hall–Kier alpha value is -5.34. The molecule has 1 heterocycles. The van der Waals surface area contributed by atoms with Crippen LogP contribution in [0.2, 0.25) is 0 Å². The summed E-state index contributed by atoms with van der Waals surface area (Å²) in [6.45, 7) is 0. The Bertz CT molecular complexity index is 2160. The molecular formula is C38H25NO. The van der Waals surface area contributed by atoms with Gasteiger partial charge in [-0.25, -0.2) is 0 Å². The lowest BCUT2D eigenvalue weighted by atomic mass is 10.0. The fourth-order valence-electron chi connectivity index (χ4n) is 5.83. The fourth-order valence-corrected chi connectivity index (χ4v) is 5.83. The van der Waals surface area contributed by atoms with Crippen LogP contribution in [0.15, 0.2) is 156 Å². The van der Waals surface area contributed by atoms with Gasteiger partial charge in [0.2, 0.25) is 0 Å². The Morgan fingerprint density at radius 3 is 1.88 bits per heavy atom. The van der Waals surface area contributed by atoms with Crippen molar-refractivity contribution in [2.45, 2.75) is 0 Å². The van der Waals surface area contributed by atoms with Gasteiger partial charge in [-0.2, -0.15) is 0 Å². The highest BCUT2D eigenvalue weighted by Gasteiger charge is 2.14. The van der Waals surface area contributed by atoms with Crippen molar-refractivity contribution >= 4 is 60.5 Å². The molecule has 0 amide bonds. The number of hydrogen-bond donors (Lipinski definition) is 0. The molecule has 0 aliphatic rings. The third kappa shape index (κ3) is 3.73. The molecule has 0 aliphatic heterocycles. The van der Waals surface area contributed by atoms with Gasteiger partial charge in [0, 0.05) is 33.2 Å². The molecule has 0 unspecified atom stereocenters. The van der Waals surface area contributed by atoms with E-state index in [-0.39, 0.29) is 0 Å². The molecule has 0 N–H and O–H groups in total. The fraction of sp³-hybridized carbons (Fsp3) is 0. The van der Waals surface area contributed by atoms with E-state index in [1.165, 1.54) is 27.3 Å². The first-order valence-electron chi connectivity index (χ1n) is 13.6. The molecule has 0 saturated heterocycles. The molecular weight excluding hydrogens is 486 g/mol. The quantitative estimate of drug-likeness (QED) is 0.234. The van der Waals surface area contributed by atoms with Gasteiger partial charge in [0.15, 0.2) is 0 Å². The molecule has 188 valence electrons. The summed E-state index contributed by atoms with van der Waals surface area (Å²) in [4.78, 5) is 2.31. The topological polar surface area (TPSA) is 16.4 Å². The van der Waals surface area contributed by atoms with Crippen LogP contribution >= 0.6 is 0 Å². The highest BCUT2D eigenvalue weighted by atomic mass is 16.3. The summed E-state index contributed by atoms with van der Waals surface area (Å²) in [6, 6.07) is 53.8. The number of benzene rings is 7. The van der Waals surface area contributed by atoms with Crippen LogP contribution < -0.4 is 4.90 Å². The molecule has 0 radical (unpaired) electrons. The lowest BCUT2D eigenvalue weighted by Gasteiger charge is -2.26. The summed E-state index contributed by atoms with van der Waals surface area (Å²) >= 11 is 0. The van der Waals surface area contributed by atoms with Crippen molar-refractivity contribution in [1.82, 2.24) is 0 Å². The minimum absolute atomic E-state index is 0.915. The standard InChI is InChI=1S/C38H25NO/c1-2-11-31(12-3-1)39(33-21-16-26-8-4-5-10-29(26)24-33)32-19-14-27(15-20-32)30-18-23-37-36(25-30)35-22-17-28-9-6-7-13-34(28)38(35)40-37/h1-25H. The Morgan fingerprint density at radius 1 is 0.375 bits per heavy atom. The molecule has 0 aliphatic carbocycles. The van der Waals surface area contributed by atoms with Gasteiger partial charge >= 0.3 is 0 Å². The molecule has 0 spiro atoms. The van der Waals surface area contributed by atoms with Gasteiger partial charge in [0.05, 0.1) is 0 Å². The second-order valence-electron chi connectivity index (χ2n) is 10.2. The van der Waals surface area contributed by atoms with Crippen molar-refractivity contribution in [3.63, 3.8) is 0 Å². The molecule has 0 bridgehead atoms. The molecule has 8 rings (SSSR count). The van der Waals surface area contributed by atoms with E-state index in [9.17, 15) is 0 Å². The lowest BCUT2D eigenvalue weighted by Crippen LogP contribution is -2.09. The maximum atomic E-state index is 6.33. The number of para-hydroxylation sites is 1. The highest BCUT2D eigenvalue weighted by molar-refractivity contribution is 6.15. The van der Waals surface area contributed by atoms with E-state index >= 15 is 0 Å². The number of anilines is 3. The second kappa shape index (κ2) is 9.14.